The molecule has 3 aromatic rings. The van der Waals surface area contributed by atoms with Gasteiger partial charge in [0.15, 0.2) is 15.6 Å². The molecule has 4 rings (SSSR count). The maximum atomic E-state index is 13.1. The molecule has 0 atom stereocenters. The Morgan fingerprint density at radius 2 is 1.73 bits per heavy atom. The van der Waals surface area contributed by atoms with Crippen molar-refractivity contribution in [2.24, 2.45) is 0 Å². The second-order valence-corrected chi connectivity index (χ2v) is 9.91. The first-order chi connectivity index (χ1) is 14.3. The Morgan fingerprint density at radius 1 is 1.00 bits per heavy atom. The van der Waals surface area contributed by atoms with Gasteiger partial charge in [0.1, 0.15) is 5.58 Å². The molecule has 2 aromatic carbocycles. The first kappa shape index (κ1) is 20.6. The zero-order valence-electron chi connectivity index (χ0n) is 17.3. The zero-order valence-corrected chi connectivity index (χ0v) is 18.1. The number of aryl methyl sites for hydroxylation is 1. The van der Waals surface area contributed by atoms with Crippen LogP contribution >= 0.6 is 0 Å². The fraction of sp³-hybridized carbons (Fsp3) is 0.348. The van der Waals surface area contributed by atoms with Crippen LogP contribution in [0.15, 0.2) is 57.8 Å². The number of carbonyl (C=O) groups excluding carboxylic acids is 1. The van der Waals surface area contributed by atoms with Gasteiger partial charge < -0.3 is 9.32 Å². The largest absolute Gasteiger partial charge is 0.451 e. The molecule has 6 nitrogen and oxygen atoms in total. The summed E-state index contributed by atoms with van der Waals surface area (Å²) in [5.74, 6) is 0.379. The first-order valence-electron chi connectivity index (χ1n) is 10.1. The Kier molecular flexibility index (Phi) is 5.66. The molecule has 0 saturated carbocycles. The van der Waals surface area contributed by atoms with E-state index in [9.17, 15) is 13.2 Å². The van der Waals surface area contributed by atoms with Gasteiger partial charge in [0.25, 0.3) is 5.91 Å². The second-order valence-electron chi connectivity index (χ2n) is 7.89. The average molecular weight is 427 g/mol. The predicted molar refractivity (Wildman–Crippen MR) is 116 cm³/mol. The fourth-order valence-corrected chi connectivity index (χ4v) is 4.58. The van der Waals surface area contributed by atoms with E-state index < -0.39 is 9.84 Å². The highest BCUT2D eigenvalue weighted by atomic mass is 32.2. The standard InChI is InChI=1S/C23H26N2O4S/c1-17-20-6-3-4-7-21(20)29-22(17)23(26)25-13-5-12-24(14-15-25)16-18-8-10-19(11-9-18)30(2,27)28/h3-4,6-11H,5,12-16H2,1-2H3. The van der Waals surface area contributed by atoms with E-state index in [1.165, 1.54) is 6.26 Å². The summed E-state index contributed by atoms with van der Waals surface area (Å²) in [6, 6.07) is 14.8. The molecule has 0 unspecified atom stereocenters. The van der Waals surface area contributed by atoms with Gasteiger partial charge in [0.05, 0.1) is 4.90 Å². The maximum Gasteiger partial charge on any atom is 0.289 e. The van der Waals surface area contributed by atoms with Crippen molar-refractivity contribution in [3.05, 3.63) is 65.4 Å². The molecular formula is C23H26N2O4S. The molecule has 1 aromatic heterocycles. The molecule has 0 aliphatic carbocycles. The van der Waals surface area contributed by atoms with Crippen molar-refractivity contribution in [3.63, 3.8) is 0 Å². The third-order valence-electron chi connectivity index (χ3n) is 5.67. The number of fused-ring (bicyclic) bond motifs is 1. The van der Waals surface area contributed by atoms with Gasteiger partial charge >= 0.3 is 0 Å². The number of carbonyl (C=O) groups is 1. The summed E-state index contributed by atoms with van der Waals surface area (Å²) in [5.41, 5.74) is 2.70. The van der Waals surface area contributed by atoms with Gasteiger partial charge in [-0.2, -0.15) is 0 Å². The fourth-order valence-electron chi connectivity index (χ4n) is 3.95. The molecule has 2 heterocycles. The molecule has 158 valence electrons. The number of para-hydroxylation sites is 1. The van der Waals surface area contributed by atoms with Crippen LogP contribution in [-0.2, 0) is 16.4 Å². The first-order valence-corrected chi connectivity index (χ1v) is 12.0. The Balaban J connectivity index is 1.42. The smallest absolute Gasteiger partial charge is 0.289 e. The number of hydrogen-bond donors (Lipinski definition) is 0. The van der Waals surface area contributed by atoms with Crippen molar-refractivity contribution >= 4 is 26.7 Å². The molecule has 1 aliphatic rings. The molecule has 30 heavy (non-hydrogen) atoms. The second kappa shape index (κ2) is 8.24. The Hall–Kier alpha value is -2.64. The summed E-state index contributed by atoms with van der Waals surface area (Å²) in [6.45, 7) is 5.64. The minimum absolute atomic E-state index is 0.0527. The number of sulfone groups is 1. The highest BCUT2D eigenvalue weighted by Gasteiger charge is 2.25. The quantitative estimate of drug-likeness (QED) is 0.639. The molecule has 1 saturated heterocycles. The van der Waals surface area contributed by atoms with Crippen molar-refractivity contribution in [2.45, 2.75) is 24.8 Å². The number of furan rings is 1. The van der Waals surface area contributed by atoms with Crippen molar-refractivity contribution in [1.29, 1.82) is 0 Å². The minimum atomic E-state index is -3.18. The van der Waals surface area contributed by atoms with E-state index in [-0.39, 0.29) is 5.91 Å². The minimum Gasteiger partial charge on any atom is -0.451 e. The van der Waals surface area contributed by atoms with Gasteiger partial charge in [-0.3, -0.25) is 9.69 Å². The van der Waals surface area contributed by atoms with Crippen molar-refractivity contribution in [2.75, 3.05) is 32.4 Å². The SMILES string of the molecule is Cc1c(C(=O)N2CCCN(Cc3ccc(S(C)(=O)=O)cc3)CC2)oc2ccccc12. The van der Waals surface area contributed by atoms with Gasteiger partial charge in [-0.1, -0.05) is 30.3 Å². The molecule has 0 N–H and O–H groups in total. The summed E-state index contributed by atoms with van der Waals surface area (Å²) in [6.07, 6.45) is 2.10. The molecule has 7 heteroatoms. The monoisotopic (exact) mass is 426 g/mol. The van der Waals surface area contributed by atoms with Gasteiger partial charge in [-0.05, 0) is 37.1 Å². The van der Waals surface area contributed by atoms with Crippen LogP contribution in [0, 0.1) is 6.92 Å². The van der Waals surface area contributed by atoms with Crippen molar-refractivity contribution in [3.8, 4) is 0 Å². The Morgan fingerprint density at radius 3 is 2.43 bits per heavy atom. The molecule has 1 aliphatic heterocycles. The number of hydrogen-bond acceptors (Lipinski definition) is 5. The van der Waals surface area contributed by atoms with Crippen LogP contribution < -0.4 is 0 Å². The topological polar surface area (TPSA) is 70.8 Å². The Bertz CT molecular complexity index is 1170. The zero-order chi connectivity index (χ0) is 21.3. The van der Waals surface area contributed by atoms with Crippen LogP contribution in [0.3, 0.4) is 0 Å². The summed E-state index contributed by atoms with van der Waals surface area (Å²) >= 11 is 0. The molecular weight excluding hydrogens is 400 g/mol. The van der Waals surface area contributed by atoms with Gasteiger partial charge in [-0.25, -0.2) is 8.42 Å². The average Bonchev–Trinajstić information content (AvgIpc) is 2.89. The highest BCUT2D eigenvalue weighted by Crippen LogP contribution is 2.26. The summed E-state index contributed by atoms with van der Waals surface area (Å²) in [5, 5.41) is 0.981. The van der Waals surface area contributed by atoms with Crippen molar-refractivity contribution < 1.29 is 17.6 Å². The molecule has 1 fully saturated rings. The molecule has 0 bridgehead atoms. The van der Waals surface area contributed by atoms with Crippen molar-refractivity contribution in [1.82, 2.24) is 9.80 Å². The van der Waals surface area contributed by atoms with Gasteiger partial charge in [-0.15, -0.1) is 0 Å². The van der Waals surface area contributed by atoms with Crippen LogP contribution in [0.4, 0.5) is 0 Å². The van der Waals surface area contributed by atoms with Crippen LogP contribution in [0.5, 0.6) is 0 Å². The predicted octanol–water partition coefficient (Wildman–Crippen LogP) is 3.49. The van der Waals surface area contributed by atoms with Gasteiger partial charge in [0.2, 0.25) is 0 Å². The van der Waals surface area contributed by atoms with Crippen LogP contribution in [-0.4, -0.2) is 56.6 Å². The normalized spacial score (nSPS) is 16.0. The van der Waals surface area contributed by atoms with E-state index >= 15 is 0 Å². The molecule has 1 amide bonds. The third-order valence-corrected chi connectivity index (χ3v) is 6.80. The number of nitrogens with zero attached hydrogens (tertiary/aromatic N) is 2. The third kappa shape index (κ3) is 4.27. The number of amides is 1. The van der Waals surface area contributed by atoms with Gasteiger partial charge in [0, 0.05) is 49.9 Å². The van der Waals surface area contributed by atoms with E-state index in [1.54, 1.807) is 12.1 Å². The van der Waals surface area contributed by atoms with E-state index in [0.29, 0.717) is 23.7 Å². The molecule has 0 spiro atoms. The van der Waals surface area contributed by atoms with Crippen LogP contribution in [0.1, 0.15) is 28.1 Å². The highest BCUT2D eigenvalue weighted by molar-refractivity contribution is 7.90. The van der Waals surface area contributed by atoms with Crippen LogP contribution in [0.2, 0.25) is 0 Å². The summed E-state index contributed by atoms with van der Waals surface area (Å²) in [4.78, 5) is 17.6. The van der Waals surface area contributed by atoms with E-state index in [1.807, 2.05) is 48.2 Å². The van der Waals surface area contributed by atoms with E-state index in [0.717, 1.165) is 48.2 Å². The summed E-state index contributed by atoms with van der Waals surface area (Å²) in [7, 11) is -3.18. The van der Waals surface area contributed by atoms with E-state index in [4.69, 9.17) is 4.42 Å². The Labute approximate surface area is 177 Å². The lowest BCUT2D eigenvalue weighted by atomic mass is 10.1. The number of benzene rings is 2. The lowest BCUT2D eigenvalue weighted by Gasteiger charge is -2.21. The lowest BCUT2D eigenvalue weighted by molar-refractivity contribution is 0.0730. The van der Waals surface area contributed by atoms with Crippen LogP contribution in [0.25, 0.3) is 11.0 Å². The van der Waals surface area contributed by atoms with E-state index in [2.05, 4.69) is 4.90 Å². The summed E-state index contributed by atoms with van der Waals surface area (Å²) < 4.78 is 29.1. The number of rotatable bonds is 4. The molecule has 0 radical (unpaired) electrons. The lowest BCUT2D eigenvalue weighted by Crippen LogP contribution is -2.35. The maximum absolute atomic E-state index is 13.1.